The molecule has 0 aliphatic rings. The van der Waals surface area contributed by atoms with Gasteiger partial charge in [0.15, 0.2) is 0 Å². The van der Waals surface area contributed by atoms with Crippen molar-refractivity contribution in [2.45, 2.75) is 12.5 Å². The minimum atomic E-state index is -1.29. The van der Waals surface area contributed by atoms with Crippen LogP contribution in [0.1, 0.15) is 28.4 Å². The molecule has 0 bridgehead atoms. The van der Waals surface area contributed by atoms with Crippen LogP contribution in [0.4, 0.5) is 4.39 Å². The van der Waals surface area contributed by atoms with Crippen LogP contribution in [0, 0.1) is 5.82 Å². The van der Waals surface area contributed by atoms with E-state index in [1.54, 1.807) is 24.3 Å². The van der Waals surface area contributed by atoms with Crippen LogP contribution in [0.2, 0.25) is 5.02 Å². The fourth-order valence-electron chi connectivity index (χ4n) is 1.96. The Kier molecular flexibility index (Phi) is 5.12. The molecule has 0 aromatic heterocycles. The summed E-state index contributed by atoms with van der Waals surface area (Å²) < 4.78 is 12.9. The molecule has 4 nitrogen and oxygen atoms in total. The molecule has 22 heavy (non-hydrogen) atoms. The number of carbonyl (C=O) groups excluding carboxylic acids is 2. The monoisotopic (exact) mass is 320 g/mol. The van der Waals surface area contributed by atoms with Crippen molar-refractivity contribution in [2.75, 3.05) is 0 Å². The Labute approximate surface area is 131 Å². The number of hydrogen-bond donors (Lipinski definition) is 1. The Morgan fingerprint density at radius 3 is 2.23 bits per heavy atom. The quantitative estimate of drug-likeness (QED) is 0.917. The van der Waals surface area contributed by atoms with E-state index in [9.17, 15) is 19.1 Å². The van der Waals surface area contributed by atoms with E-state index in [0.717, 1.165) is 12.1 Å². The number of carboxylic acid groups (broad SMARTS) is 1. The van der Waals surface area contributed by atoms with Crippen molar-refractivity contribution in [2.24, 2.45) is 0 Å². The van der Waals surface area contributed by atoms with Crippen molar-refractivity contribution in [1.82, 2.24) is 5.32 Å². The molecule has 1 unspecified atom stereocenters. The van der Waals surface area contributed by atoms with Gasteiger partial charge in [0.25, 0.3) is 5.91 Å². The minimum Gasteiger partial charge on any atom is -0.550 e. The van der Waals surface area contributed by atoms with Crippen molar-refractivity contribution in [3.8, 4) is 0 Å². The highest BCUT2D eigenvalue weighted by molar-refractivity contribution is 6.30. The van der Waals surface area contributed by atoms with Crippen LogP contribution in [-0.2, 0) is 4.79 Å². The van der Waals surface area contributed by atoms with E-state index < -0.39 is 23.7 Å². The van der Waals surface area contributed by atoms with Gasteiger partial charge in [0, 0.05) is 23.0 Å². The molecule has 0 radical (unpaired) electrons. The lowest BCUT2D eigenvalue weighted by atomic mass is 10.0. The Balaban J connectivity index is 2.19. The maximum Gasteiger partial charge on any atom is 0.251 e. The van der Waals surface area contributed by atoms with Crippen LogP contribution in [-0.4, -0.2) is 11.9 Å². The summed E-state index contributed by atoms with van der Waals surface area (Å²) in [6.45, 7) is 0. The molecule has 114 valence electrons. The third-order valence-electron chi connectivity index (χ3n) is 3.05. The van der Waals surface area contributed by atoms with Crippen molar-refractivity contribution < 1.29 is 19.1 Å². The number of halogens is 2. The molecule has 2 aromatic rings. The van der Waals surface area contributed by atoms with Crippen LogP contribution in [0.3, 0.4) is 0 Å². The second kappa shape index (κ2) is 7.04. The molecule has 1 amide bonds. The smallest absolute Gasteiger partial charge is 0.251 e. The lowest BCUT2D eigenvalue weighted by Crippen LogP contribution is -2.34. The molecule has 6 heteroatoms. The summed E-state index contributed by atoms with van der Waals surface area (Å²) in [4.78, 5) is 23.0. The lowest BCUT2D eigenvalue weighted by molar-refractivity contribution is -0.306. The van der Waals surface area contributed by atoms with Gasteiger partial charge < -0.3 is 15.2 Å². The molecular formula is C16H12ClFNO3-. The lowest BCUT2D eigenvalue weighted by Gasteiger charge is -2.20. The summed E-state index contributed by atoms with van der Waals surface area (Å²) >= 11 is 5.79. The maximum absolute atomic E-state index is 12.9. The number of aliphatic carboxylic acids is 1. The zero-order valence-corrected chi connectivity index (χ0v) is 12.1. The van der Waals surface area contributed by atoms with Crippen molar-refractivity contribution in [1.29, 1.82) is 0 Å². The normalized spacial score (nSPS) is 11.7. The number of carbonyl (C=O) groups is 2. The van der Waals surface area contributed by atoms with Gasteiger partial charge in [0.05, 0.1) is 6.04 Å². The molecule has 0 fully saturated rings. The number of benzene rings is 2. The van der Waals surface area contributed by atoms with E-state index >= 15 is 0 Å². The Bertz CT molecular complexity index is 671. The zero-order valence-electron chi connectivity index (χ0n) is 11.4. The Morgan fingerprint density at radius 1 is 1.09 bits per heavy atom. The molecule has 0 aliphatic carbocycles. The number of hydrogen-bond acceptors (Lipinski definition) is 3. The molecule has 0 heterocycles. The number of amides is 1. The average Bonchev–Trinajstić information content (AvgIpc) is 2.47. The highest BCUT2D eigenvalue weighted by Crippen LogP contribution is 2.20. The van der Waals surface area contributed by atoms with E-state index in [0.29, 0.717) is 10.6 Å². The summed E-state index contributed by atoms with van der Waals surface area (Å²) in [5, 5.41) is 14.0. The zero-order chi connectivity index (χ0) is 16.1. The first-order valence-corrected chi connectivity index (χ1v) is 6.85. The van der Waals surface area contributed by atoms with Crippen LogP contribution in [0.15, 0.2) is 48.5 Å². The van der Waals surface area contributed by atoms with Gasteiger partial charge in [-0.15, -0.1) is 0 Å². The highest BCUT2D eigenvalue weighted by Gasteiger charge is 2.16. The van der Waals surface area contributed by atoms with Crippen LogP contribution >= 0.6 is 11.6 Å². The first-order chi connectivity index (χ1) is 10.5. The van der Waals surface area contributed by atoms with Crippen molar-refractivity contribution in [3.63, 3.8) is 0 Å². The van der Waals surface area contributed by atoms with Crippen LogP contribution in [0.25, 0.3) is 0 Å². The molecule has 0 saturated heterocycles. The molecular weight excluding hydrogens is 309 g/mol. The summed E-state index contributed by atoms with van der Waals surface area (Å²) in [6, 6.07) is 10.6. The van der Waals surface area contributed by atoms with Gasteiger partial charge >= 0.3 is 0 Å². The first-order valence-electron chi connectivity index (χ1n) is 6.47. The SMILES string of the molecule is O=C([O-])CC(NC(=O)c1ccc(F)cc1)c1ccc(Cl)cc1. The number of carboxylic acids is 1. The van der Waals surface area contributed by atoms with Gasteiger partial charge in [0.2, 0.25) is 0 Å². The number of rotatable bonds is 5. The Morgan fingerprint density at radius 2 is 1.68 bits per heavy atom. The maximum atomic E-state index is 12.9. The van der Waals surface area contributed by atoms with Crippen LogP contribution in [0.5, 0.6) is 0 Å². The molecule has 0 saturated carbocycles. The second-order valence-electron chi connectivity index (χ2n) is 4.66. The van der Waals surface area contributed by atoms with Gasteiger partial charge in [-0.25, -0.2) is 4.39 Å². The molecule has 0 aliphatic heterocycles. The van der Waals surface area contributed by atoms with Gasteiger partial charge in [-0.3, -0.25) is 4.79 Å². The van der Waals surface area contributed by atoms with Gasteiger partial charge in [-0.2, -0.15) is 0 Å². The topological polar surface area (TPSA) is 69.2 Å². The summed E-state index contributed by atoms with van der Waals surface area (Å²) in [5.41, 5.74) is 0.822. The van der Waals surface area contributed by atoms with Crippen molar-refractivity contribution >= 4 is 23.5 Å². The molecule has 2 rings (SSSR count). The van der Waals surface area contributed by atoms with Gasteiger partial charge in [-0.1, -0.05) is 23.7 Å². The molecule has 1 atom stereocenters. The van der Waals surface area contributed by atoms with Gasteiger partial charge in [-0.05, 0) is 42.0 Å². The average molecular weight is 321 g/mol. The van der Waals surface area contributed by atoms with Gasteiger partial charge in [0.1, 0.15) is 5.82 Å². The predicted octanol–water partition coefficient (Wildman–Crippen LogP) is 2.09. The highest BCUT2D eigenvalue weighted by atomic mass is 35.5. The van der Waals surface area contributed by atoms with E-state index in [-0.39, 0.29) is 12.0 Å². The molecule has 0 spiro atoms. The number of nitrogens with one attached hydrogen (secondary N) is 1. The summed E-state index contributed by atoms with van der Waals surface area (Å²) in [6.07, 6.45) is -0.380. The van der Waals surface area contributed by atoms with E-state index in [1.165, 1.54) is 12.1 Å². The third-order valence-corrected chi connectivity index (χ3v) is 3.31. The minimum absolute atomic E-state index is 0.235. The fourth-order valence-corrected chi connectivity index (χ4v) is 2.08. The third kappa shape index (κ3) is 4.30. The van der Waals surface area contributed by atoms with Crippen LogP contribution < -0.4 is 10.4 Å². The molecule has 2 aromatic carbocycles. The largest absolute Gasteiger partial charge is 0.550 e. The van der Waals surface area contributed by atoms with Crippen molar-refractivity contribution in [3.05, 3.63) is 70.5 Å². The van der Waals surface area contributed by atoms with E-state index in [2.05, 4.69) is 5.32 Å². The second-order valence-corrected chi connectivity index (χ2v) is 5.10. The Hall–Kier alpha value is -2.40. The fraction of sp³-hybridized carbons (Fsp3) is 0.125. The standard InChI is InChI=1S/C16H13ClFNO3/c17-12-5-1-10(2-6-12)14(9-15(20)21)19-16(22)11-3-7-13(18)8-4-11/h1-8,14H,9H2,(H,19,22)(H,20,21)/p-1. The van der Waals surface area contributed by atoms with E-state index in [4.69, 9.17) is 11.6 Å². The molecule has 1 N–H and O–H groups in total. The first kappa shape index (κ1) is 16.0. The van der Waals surface area contributed by atoms with E-state index in [1.807, 2.05) is 0 Å². The predicted molar refractivity (Wildman–Crippen MR) is 77.7 cm³/mol. The summed E-state index contributed by atoms with van der Waals surface area (Å²) in [7, 11) is 0. The summed E-state index contributed by atoms with van der Waals surface area (Å²) in [5.74, 6) is -2.25.